The molecule has 0 heterocycles. The first kappa shape index (κ1) is 8.54. The molecule has 1 N–H and O–H groups in total. The average molecular weight is 152 g/mol. The van der Waals surface area contributed by atoms with Gasteiger partial charge in [0.1, 0.15) is 0 Å². The molecule has 0 spiro atoms. The van der Waals surface area contributed by atoms with Crippen LogP contribution in [0.5, 0.6) is 0 Å². The summed E-state index contributed by atoms with van der Waals surface area (Å²) in [5.74, 6) is 0.673. The quantitative estimate of drug-likeness (QED) is 0.657. The van der Waals surface area contributed by atoms with Crippen molar-refractivity contribution in [3.63, 3.8) is 0 Å². The SMILES string of the molecule is CCCC1C=C(CO)C=CC1. The predicted octanol–water partition coefficient (Wildman–Crippen LogP) is 2.28. The number of aliphatic hydroxyl groups is 1. The summed E-state index contributed by atoms with van der Waals surface area (Å²) in [4.78, 5) is 0. The van der Waals surface area contributed by atoms with Gasteiger partial charge in [0.25, 0.3) is 0 Å². The normalized spacial score (nSPS) is 23.5. The van der Waals surface area contributed by atoms with E-state index in [2.05, 4.69) is 19.1 Å². The van der Waals surface area contributed by atoms with Gasteiger partial charge in [0.2, 0.25) is 0 Å². The molecule has 0 bridgehead atoms. The molecule has 62 valence electrons. The molecule has 0 aromatic heterocycles. The summed E-state index contributed by atoms with van der Waals surface area (Å²) in [6, 6.07) is 0. The summed E-state index contributed by atoms with van der Waals surface area (Å²) in [5, 5.41) is 8.86. The molecule has 11 heavy (non-hydrogen) atoms. The predicted molar refractivity (Wildman–Crippen MR) is 47.3 cm³/mol. The fraction of sp³-hybridized carbons (Fsp3) is 0.600. The van der Waals surface area contributed by atoms with Crippen molar-refractivity contribution in [3.05, 3.63) is 23.8 Å². The van der Waals surface area contributed by atoms with Crippen LogP contribution in [-0.4, -0.2) is 11.7 Å². The Labute approximate surface area is 68.4 Å². The molecule has 0 aromatic carbocycles. The fourth-order valence-corrected chi connectivity index (χ4v) is 1.50. The molecule has 1 nitrogen and oxygen atoms in total. The van der Waals surface area contributed by atoms with E-state index in [1.165, 1.54) is 12.8 Å². The Morgan fingerprint density at radius 2 is 2.45 bits per heavy atom. The molecule has 1 unspecified atom stereocenters. The van der Waals surface area contributed by atoms with Crippen molar-refractivity contribution in [1.29, 1.82) is 0 Å². The third-order valence-corrected chi connectivity index (χ3v) is 2.06. The Bertz CT molecular complexity index is 168. The van der Waals surface area contributed by atoms with Crippen LogP contribution in [0.3, 0.4) is 0 Å². The molecular weight excluding hydrogens is 136 g/mol. The highest BCUT2D eigenvalue weighted by atomic mass is 16.3. The van der Waals surface area contributed by atoms with Gasteiger partial charge in [-0.3, -0.25) is 0 Å². The van der Waals surface area contributed by atoms with Gasteiger partial charge < -0.3 is 5.11 Å². The largest absolute Gasteiger partial charge is 0.392 e. The Morgan fingerprint density at radius 3 is 3.09 bits per heavy atom. The first-order chi connectivity index (χ1) is 5.36. The summed E-state index contributed by atoms with van der Waals surface area (Å²) in [6.07, 6.45) is 10.0. The molecular formula is C10H16O. The van der Waals surface area contributed by atoms with E-state index < -0.39 is 0 Å². The van der Waals surface area contributed by atoms with Crippen LogP contribution in [0.1, 0.15) is 26.2 Å². The van der Waals surface area contributed by atoms with Crippen LogP contribution in [0.15, 0.2) is 23.8 Å². The molecule has 1 rings (SSSR count). The van der Waals surface area contributed by atoms with Crippen LogP contribution in [0, 0.1) is 5.92 Å². The number of allylic oxidation sites excluding steroid dienone is 2. The molecule has 0 amide bonds. The Morgan fingerprint density at radius 1 is 1.64 bits per heavy atom. The van der Waals surface area contributed by atoms with E-state index in [1.807, 2.05) is 6.08 Å². The molecule has 1 heteroatoms. The number of aliphatic hydroxyl groups excluding tert-OH is 1. The van der Waals surface area contributed by atoms with Gasteiger partial charge in [-0.15, -0.1) is 0 Å². The van der Waals surface area contributed by atoms with Crippen molar-refractivity contribution < 1.29 is 5.11 Å². The highest BCUT2D eigenvalue weighted by Gasteiger charge is 2.06. The molecule has 0 saturated carbocycles. The second kappa shape index (κ2) is 4.35. The van der Waals surface area contributed by atoms with Crippen molar-refractivity contribution in [2.45, 2.75) is 26.2 Å². The Balaban J connectivity index is 2.47. The fourth-order valence-electron chi connectivity index (χ4n) is 1.50. The van der Waals surface area contributed by atoms with Crippen LogP contribution < -0.4 is 0 Å². The summed E-state index contributed by atoms with van der Waals surface area (Å²) >= 11 is 0. The van der Waals surface area contributed by atoms with Gasteiger partial charge >= 0.3 is 0 Å². The molecule has 0 fully saturated rings. The Hall–Kier alpha value is -0.560. The van der Waals surface area contributed by atoms with Gasteiger partial charge in [-0.2, -0.15) is 0 Å². The lowest BCUT2D eigenvalue weighted by Crippen LogP contribution is -2.01. The standard InChI is InChI=1S/C10H16O/c1-2-4-9-5-3-6-10(7-9)8-11/h3,6-7,9,11H,2,4-5,8H2,1H3. The minimum atomic E-state index is 0.191. The van der Waals surface area contributed by atoms with Gasteiger partial charge in [-0.25, -0.2) is 0 Å². The zero-order valence-electron chi connectivity index (χ0n) is 7.09. The van der Waals surface area contributed by atoms with E-state index in [1.54, 1.807) is 0 Å². The third kappa shape index (κ3) is 2.51. The summed E-state index contributed by atoms with van der Waals surface area (Å²) in [7, 11) is 0. The third-order valence-electron chi connectivity index (χ3n) is 2.06. The number of hydrogen-bond acceptors (Lipinski definition) is 1. The smallest absolute Gasteiger partial charge is 0.0678 e. The van der Waals surface area contributed by atoms with Crippen molar-refractivity contribution in [2.24, 2.45) is 5.92 Å². The van der Waals surface area contributed by atoms with Crippen molar-refractivity contribution >= 4 is 0 Å². The van der Waals surface area contributed by atoms with Crippen LogP contribution in [-0.2, 0) is 0 Å². The van der Waals surface area contributed by atoms with Crippen molar-refractivity contribution in [1.82, 2.24) is 0 Å². The number of rotatable bonds is 3. The van der Waals surface area contributed by atoms with E-state index in [0.29, 0.717) is 5.92 Å². The lowest BCUT2D eigenvalue weighted by atomic mass is 9.93. The lowest BCUT2D eigenvalue weighted by Gasteiger charge is -2.14. The second-order valence-corrected chi connectivity index (χ2v) is 3.09. The van der Waals surface area contributed by atoms with Gasteiger partial charge in [-0.05, 0) is 24.3 Å². The monoisotopic (exact) mass is 152 g/mol. The molecule has 0 radical (unpaired) electrons. The maximum atomic E-state index is 8.86. The molecule has 1 atom stereocenters. The average Bonchev–Trinajstić information content (AvgIpc) is 2.06. The molecule has 1 aliphatic carbocycles. The summed E-state index contributed by atoms with van der Waals surface area (Å²) in [6.45, 7) is 2.39. The van der Waals surface area contributed by atoms with Crippen molar-refractivity contribution in [3.8, 4) is 0 Å². The van der Waals surface area contributed by atoms with Gasteiger partial charge in [-0.1, -0.05) is 31.6 Å². The van der Waals surface area contributed by atoms with Crippen LogP contribution in [0.2, 0.25) is 0 Å². The van der Waals surface area contributed by atoms with E-state index in [0.717, 1.165) is 12.0 Å². The van der Waals surface area contributed by atoms with Gasteiger partial charge in [0, 0.05) is 0 Å². The Kier molecular flexibility index (Phi) is 3.37. The minimum Gasteiger partial charge on any atom is -0.392 e. The first-order valence-electron chi connectivity index (χ1n) is 4.35. The second-order valence-electron chi connectivity index (χ2n) is 3.09. The summed E-state index contributed by atoms with van der Waals surface area (Å²) in [5.41, 5.74) is 1.08. The van der Waals surface area contributed by atoms with E-state index in [4.69, 9.17) is 5.11 Å². The van der Waals surface area contributed by atoms with E-state index in [9.17, 15) is 0 Å². The van der Waals surface area contributed by atoms with E-state index in [-0.39, 0.29) is 6.61 Å². The van der Waals surface area contributed by atoms with Gasteiger partial charge in [0.15, 0.2) is 0 Å². The molecule has 1 aliphatic rings. The van der Waals surface area contributed by atoms with Crippen LogP contribution in [0.4, 0.5) is 0 Å². The maximum Gasteiger partial charge on any atom is 0.0678 e. The van der Waals surface area contributed by atoms with Crippen LogP contribution in [0.25, 0.3) is 0 Å². The number of hydrogen-bond donors (Lipinski definition) is 1. The topological polar surface area (TPSA) is 20.2 Å². The maximum absolute atomic E-state index is 8.86. The zero-order valence-corrected chi connectivity index (χ0v) is 7.09. The van der Waals surface area contributed by atoms with Gasteiger partial charge in [0.05, 0.1) is 6.61 Å². The minimum absolute atomic E-state index is 0.191. The molecule has 0 aromatic rings. The first-order valence-corrected chi connectivity index (χ1v) is 4.35. The van der Waals surface area contributed by atoms with Crippen molar-refractivity contribution in [2.75, 3.05) is 6.61 Å². The van der Waals surface area contributed by atoms with E-state index >= 15 is 0 Å². The highest BCUT2D eigenvalue weighted by molar-refractivity contribution is 5.23. The molecule has 0 aliphatic heterocycles. The van der Waals surface area contributed by atoms with Crippen LogP contribution >= 0.6 is 0 Å². The molecule has 0 saturated heterocycles. The zero-order chi connectivity index (χ0) is 8.10. The highest BCUT2D eigenvalue weighted by Crippen LogP contribution is 2.20. The lowest BCUT2D eigenvalue weighted by molar-refractivity contribution is 0.332. The summed E-state index contributed by atoms with van der Waals surface area (Å²) < 4.78 is 0.